The van der Waals surface area contributed by atoms with Crippen molar-refractivity contribution >= 4 is 22.0 Å². The molecule has 0 aromatic heterocycles. The van der Waals surface area contributed by atoms with Crippen LogP contribution in [0.15, 0.2) is 40.9 Å². The van der Waals surface area contributed by atoms with E-state index in [1.165, 1.54) is 24.3 Å². The van der Waals surface area contributed by atoms with Gasteiger partial charge in [0, 0.05) is 24.2 Å². The largest absolute Gasteiger partial charge is 0.444 e. The van der Waals surface area contributed by atoms with Crippen molar-refractivity contribution in [3.8, 4) is 0 Å². The van der Waals surface area contributed by atoms with E-state index in [0.717, 1.165) is 61.6 Å². The lowest BCUT2D eigenvalue weighted by Gasteiger charge is -2.38. The van der Waals surface area contributed by atoms with E-state index in [4.69, 9.17) is 23.7 Å². The number of carbonyl (C=O) groups excluding carboxylic acids is 1. The van der Waals surface area contributed by atoms with Gasteiger partial charge in [-0.05, 0) is 126 Å². The van der Waals surface area contributed by atoms with Crippen LogP contribution in [0.5, 0.6) is 0 Å². The van der Waals surface area contributed by atoms with E-state index < -0.39 is 29.2 Å². The minimum absolute atomic E-state index is 0. The highest BCUT2D eigenvalue weighted by molar-refractivity contribution is 9.10. The topological polar surface area (TPSA) is 86.7 Å². The number of aliphatic hydroxyl groups is 1. The van der Waals surface area contributed by atoms with Crippen LogP contribution in [-0.4, -0.2) is 60.1 Å². The number of benzene rings is 2. The second kappa shape index (κ2) is 18.0. The average molecular weight is 729 g/mol. The maximum atomic E-state index is 14.0. The summed E-state index contributed by atoms with van der Waals surface area (Å²) in [6, 6.07) is 8.42. The summed E-state index contributed by atoms with van der Waals surface area (Å²) in [5, 5.41) is 11.6. The maximum Gasteiger partial charge on any atom is 0.410 e. The standard InChI is InChI=1S/C23H34FNO5.C12H14BrFO2.CH4/c1-22(2,3)30-21(26)25-12-7-8-19(25)23(4,27)18-11-10-17(24)14-16(18)15-29-20-9-5-6-13-28-20;13-11-5-4-10(14)7-9(11)8-16-12-3-1-2-6-15-12;/h10-11,14,19-20,27H,5-9,12-13,15H2,1-4H3;4-5,7,12H,1-3,6,8H2;1H4/t19-,20?,23?;;/m1../s1. The third kappa shape index (κ3) is 11.7. The quantitative estimate of drug-likeness (QED) is 0.291. The van der Waals surface area contributed by atoms with E-state index in [1.54, 1.807) is 24.0 Å². The van der Waals surface area contributed by atoms with Gasteiger partial charge in [0.1, 0.15) is 22.8 Å². The van der Waals surface area contributed by atoms with Crippen molar-refractivity contribution in [1.29, 1.82) is 0 Å². The van der Waals surface area contributed by atoms with Gasteiger partial charge in [0.05, 0.1) is 19.3 Å². The number of rotatable bonds is 8. The van der Waals surface area contributed by atoms with Crippen molar-refractivity contribution in [2.45, 2.75) is 130 Å². The fraction of sp³-hybridized carbons (Fsp3) is 0.639. The molecule has 1 N–H and O–H groups in total. The van der Waals surface area contributed by atoms with Crippen LogP contribution in [0.1, 0.15) is 103 Å². The minimum atomic E-state index is -1.38. The molecule has 0 radical (unpaired) electrons. The summed E-state index contributed by atoms with van der Waals surface area (Å²) < 4.78 is 55.9. The molecule has 2 aromatic rings. The van der Waals surface area contributed by atoms with Crippen LogP contribution in [-0.2, 0) is 42.5 Å². The third-order valence-corrected chi connectivity index (χ3v) is 9.05. The van der Waals surface area contributed by atoms with Crippen molar-refractivity contribution in [3.63, 3.8) is 0 Å². The summed E-state index contributed by atoms with van der Waals surface area (Å²) in [5.74, 6) is -0.639. The second-order valence-corrected chi connectivity index (χ2v) is 14.1. The zero-order valence-corrected chi connectivity index (χ0v) is 29.0. The minimum Gasteiger partial charge on any atom is -0.444 e. The molecule has 1 amide bonds. The number of halogens is 3. The molecular weight excluding hydrogens is 676 g/mol. The summed E-state index contributed by atoms with van der Waals surface area (Å²) >= 11 is 3.37. The molecule has 3 fully saturated rings. The first kappa shape index (κ1) is 39.3. The van der Waals surface area contributed by atoms with Gasteiger partial charge in [-0.15, -0.1) is 0 Å². The molecule has 8 nitrogen and oxygen atoms in total. The fourth-order valence-electron chi connectivity index (χ4n) is 5.95. The van der Waals surface area contributed by atoms with E-state index in [2.05, 4.69) is 15.9 Å². The van der Waals surface area contributed by atoms with Crippen LogP contribution in [0.4, 0.5) is 13.6 Å². The zero-order chi connectivity index (χ0) is 33.3. The normalized spacial score (nSPS) is 22.8. The van der Waals surface area contributed by atoms with Crippen LogP contribution in [0.3, 0.4) is 0 Å². The molecule has 2 aromatic carbocycles. The van der Waals surface area contributed by atoms with Crippen molar-refractivity contribution in [3.05, 3.63) is 69.2 Å². The zero-order valence-electron chi connectivity index (χ0n) is 27.4. The Labute approximate surface area is 287 Å². The number of hydrogen-bond donors (Lipinski definition) is 1. The third-order valence-electron chi connectivity index (χ3n) is 8.28. The van der Waals surface area contributed by atoms with Crippen LogP contribution >= 0.6 is 15.9 Å². The van der Waals surface area contributed by atoms with Crippen LogP contribution in [0.2, 0.25) is 0 Å². The Morgan fingerprint density at radius 3 is 1.98 bits per heavy atom. The van der Waals surface area contributed by atoms with Gasteiger partial charge in [-0.25, -0.2) is 13.6 Å². The average Bonchev–Trinajstić information content (AvgIpc) is 3.53. The number of amides is 1. The van der Waals surface area contributed by atoms with Gasteiger partial charge in [0.15, 0.2) is 12.6 Å². The van der Waals surface area contributed by atoms with Crippen molar-refractivity contribution in [2.75, 3.05) is 19.8 Å². The van der Waals surface area contributed by atoms with E-state index in [-0.39, 0.29) is 32.4 Å². The summed E-state index contributed by atoms with van der Waals surface area (Å²) in [6.07, 6.45) is 6.52. The number of ether oxygens (including phenoxy) is 5. The highest BCUT2D eigenvalue weighted by Gasteiger charge is 2.45. The molecule has 3 aliphatic rings. The predicted octanol–water partition coefficient (Wildman–Crippen LogP) is 8.74. The van der Waals surface area contributed by atoms with Crippen LogP contribution in [0, 0.1) is 11.6 Å². The summed E-state index contributed by atoms with van der Waals surface area (Å²) in [7, 11) is 0. The lowest BCUT2D eigenvalue weighted by atomic mass is 9.84. The Kier molecular flexibility index (Phi) is 15.1. The monoisotopic (exact) mass is 727 g/mol. The predicted molar refractivity (Wildman–Crippen MR) is 180 cm³/mol. The molecule has 3 saturated heterocycles. The second-order valence-electron chi connectivity index (χ2n) is 13.2. The molecule has 11 heteroatoms. The Hall–Kier alpha value is -2.15. The number of nitrogens with zero attached hydrogens (tertiary/aromatic N) is 1. The Morgan fingerprint density at radius 2 is 1.43 bits per heavy atom. The van der Waals surface area contributed by atoms with E-state index in [9.17, 15) is 18.7 Å². The van der Waals surface area contributed by atoms with E-state index in [0.29, 0.717) is 37.3 Å². The smallest absolute Gasteiger partial charge is 0.410 e. The first-order chi connectivity index (χ1) is 21.8. The van der Waals surface area contributed by atoms with Gasteiger partial charge in [-0.1, -0.05) is 29.4 Å². The SMILES string of the molecule is C.CC(C)(C)OC(=O)N1CCC[C@@H]1C(C)(O)c1ccc(F)cc1COC1CCCCO1.Fc1ccc(Br)c(COC2CCCCO2)c1. The summed E-state index contributed by atoms with van der Waals surface area (Å²) in [4.78, 5) is 14.3. The van der Waals surface area contributed by atoms with Gasteiger partial charge < -0.3 is 33.7 Å². The van der Waals surface area contributed by atoms with Gasteiger partial charge in [-0.3, -0.25) is 0 Å². The van der Waals surface area contributed by atoms with E-state index in [1.807, 2.05) is 20.8 Å². The molecule has 3 aliphatic heterocycles. The molecule has 0 bridgehead atoms. The van der Waals surface area contributed by atoms with Crippen molar-refractivity contribution < 1.29 is 42.4 Å². The molecule has 4 atom stereocenters. The Balaban J connectivity index is 0.000000298. The molecule has 0 saturated carbocycles. The van der Waals surface area contributed by atoms with Gasteiger partial charge in [0.2, 0.25) is 0 Å². The van der Waals surface area contributed by atoms with Gasteiger partial charge in [0.25, 0.3) is 0 Å². The number of carbonyl (C=O) groups is 1. The number of hydrogen-bond acceptors (Lipinski definition) is 7. The molecule has 3 heterocycles. The molecule has 47 heavy (non-hydrogen) atoms. The van der Waals surface area contributed by atoms with Crippen molar-refractivity contribution in [1.82, 2.24) is 4.90 Å². The maximum absolute atomic E-state index is 14.0. The number of likely N-dealkylation sites (tertiary alicyclic amines) is 1. The van der Waals surface area contributed by atoms with Gasteiger partial charge >= 0.3 is 6.09 Å². The molecular formula is C36H52BrF2NO7. The first-order valence-electron chi connectivity index (χ1n) is 16.2. The highest BCUT2D eigenvalue weighted by Crippen LogP contribution is 2.38. The molecule has 264 valence electrons. The van der Waals surface area contributed by atoms with Crippen molar-refractivity contribution in [2.24, 2.45) is 0 Å². The summed E-state index contributed by atoms with van der Waals surface area (Å²) in [6.45, 7) is 9.56. The Morgan fingerprint density at radius 1 is 0.872 bits per heavy atom. The highest BCUT2D eigenvalue weighted by atomic mass is 79.9. The molecule has 5 rings (SSSR count). The van der Waals surface area contributed by atoms with Gasteiger partial charge in [-0.2, -0.15) is 0 Å². The first-order valence-corrected chi connectivity index (χ1v) is 17.0. The Bertz CT molecular complexity index is 1280. The summed E-state index contributed by atoms with van der Waals surface area (Å²) in [5.41, 5.74) is -0.0717. The molecule has 0 aliphatic carbocycles. The van der Waals surface area contributed by atoms with Crippen LogP contribution in [0.25, 0.3) is 0 Å². The molecule has 0 spiro atoms. The van der Waals surface area contributed by atoms with E-state index >= 15 is 0 Å². The lowest BCUT2D eigenvalue weighted by Crippen LogP contribution is -2.50. The lowest BCUT2D eigenvalue weighted by molar-refractivity contribution is -0.169. The van der Waals surface area contributed by atoms with Crippen LogP contribution < -0.4 is 0 Å². The fourth-order valence-corrected chi connectivity index (χ4v) is 6.31. The molecule has 3 unspecified atom stereocenters.